The normalized spacial score (nSPS) is 14.4. The zero-order valence-electron chi connectivity index (χ0n) is 19.0. The standard InChI is InChI=1S/C23H30ClN3O5S/c1-5-15(4)21(23(29)26-30)25-22(28)20(14(2)3)27-33(31,32)19-12-8-17(9-13-19)16-6-10-18(24)11-7-16/h6-15,20-21,27,30H,5H2,1-4H3,(H,25,28)(H,26,29)/t15-,20-,21-/m0/s1. The van der Waals surface area contributed by atoms with E-state index in [1.807, 2.05) is 19.1 Å². The quantitative estimate of drug-likeness (QED) is 0.297. The van der Waals surface area contributed by atoms with Gasteiger partial charge >= 0.3 is 0 Å². The molecule has 0 aliphatic carbocycles. The predicted octanol–water partition coefficient (Wildman–Crippen LogP) is 3.35. The van der Waals surface area contributed by atoms with Gasteiger partial charge in [-0.25, -0.2) is 13.9 Å². The number of benzene rings is 2. The third-order valence-electron chi connectivity index (χ3n) is 5.48. The average molecular weight is 496 g/mol. The molecule has 0 saturated heterocycles. The van der Waals surface area contributed by atoms with E-state index in [-0.39, 0.29) is 10.8 Å². The van der Waals surface area contributed by atoms with Crippen LogP contribution in [-0.4, -0.2) is 37.5 Å². The third kappa shape index (κ3) is 7.01. The molecule has 8 nitrogen and oxygen atoms in total. The Kier molecular flexibility index (Phi) is 9.42. The Balaban J connectivity index is 2.22. The predicted molar refractivity (Wildman–Crippen MR) is 127 cm³/mol. The molecule has 3 atom stereocenters. The number of hydroxylamine groups is 1. The van der Waals surface area contributed by atoms with Gasteiger partial charge in [-0.1, -0.05) is 70.0 Å². The van der Waals surface area contributed by atoms with E-state index in [0.717, 1.165) is 11.1 Å². The Labute approximate surface area is 199 Å². The largest absolute Gasteiger partial charge is 0.343 e. The smallest absolute Gasteiger partial charge is 0.266 e. The first-order valence-corrected chi connectivity index (χ1v) is 12.5. The van der Waals surface area contributed by atoms with Crippen molar-refractivity contribution in [3.8, 4) is 11.1 Å². The lowest BCUT2D eigenvalue weighted by Crippen LogP contribution is -2.56. The molecular formula is C23H30ClN3O5S. The number of hydrogen-bond donors (Lipinski definition) is 4. The van der Waals surface area contributed by atoms with Crippen molar-refractivity contribution < 1.29 is 23.2 Å². The first-order valence-electron chi connectivity index (χ1n) is 10.6. The fraction of sp³-hybridized carbons (Fsp3) is 0.391. The summed E-state index contributed by atoms with van der Waals surface area (Å²) in [5.41, 5.74) is 3.25. The Morgan fingerprint density at radius 2 is 1.42 bits per heavy atom. The molecule has 2 rings (SSSR count). The zero-order valence-corrected chi connectivity index (χ0v) is 20.6. The molecule has 0 radical (unpaired) electrons. The van der Waals surface area contributed by atoms with Crippen LogP contribution in [0.25, 0.3) is 11.1 Å². The van der Waals surface area contributed by atoms with Gasteiger partial charge in [0, 0.05) is 5.02 Å². The summed E-state index contributed by atoms with van der Waals surface area (Å²) in [7, 11) is -4.02. The summed E-state index contributed by atoms with van der Waals surface area (Å²) in [5.74, 6) is -2.09. The SMILES string of the molecule is CC[C@H](C)[C@H](NC(=O)[C@@H](NS(=O)(=O)c1ccc(-c2ccc(Cl)cc2)cc1)C(C)C)C(=O)NO. The Morgan fingerprint density at radius 1 is 0.909 bits per heavy atom. The fourth-order valence-corrected chi connectivity index (χ4v) is 4.68. The molecule has 0 bridgehead atoms. The highest BCUT2D eigenvalue weighted by Gasteiger charge is 2.33. The number of nitrogens with one attached hydrogen (secondary N) is 3. The van der Waals surface area contributed by atoms with E-state index in [2.05, 4.69) is 10.0 Å². The minimum absolute atomic E-state index is 0.00485. The molecular weight excluding hydrogens is 466 g/mol. The molecule has 0 aliphatic heterocycles. The molecule has 33 heavy (non-hydrogen) atoms. The second-order valence-corrected chi connectivity index (χ2v) is 10.4. The molecule has 2 aromatic rings. The monoisotopic (exact) mass is 495 g/mol. The molecule has 180 valence electrons. The summed E-state index contributed by atoms with van der Waals surface area (Å²) in [6, 6.07) is 11.3. The Bertz CT molecular complexity index is 1060. The second kappa shape index (κ2) is 11.6. The lowest BCUT2D eigenvalue weighted by molar-refractivity contribution is -0.136. The second-order valence-electron chi connectivity index (χ2n) is 8.22. The van der Waals surface area contributed by atoms with Crippen LogP contribution in [-0.2, 0) is 19.6 Å². The van der Waals surface area contributed by atoms with Crippen molar-refractivity contribution >= 4 is 33.4 Å². The highest BCUT2D eigenvalue weighted by molar-refractivity contribution is 7.89. The van der Waals surface area contributed by atoms with E-state index in [9.17, 15) is 18.0 Å². The van der Waals surface area contributed by atoms with Crippen molar-refractivity contribution in [1.82, 2.24) is 15.5 Å². The maximum Gasteiger partial charge on any atom is 0.266 e. The maximum absolute atomic E-state index is 13.0. The topological polar surface area (TPSA) is 125 Å². The van der Waals surface area contributed by atoms with E-state index in [0.29, 0.717) is 11.4 Å². The molecule has 0 heterocycles. The summed E-state index contributed by atoms with van der Waals surface area (Å²) in [4.78, 5) is 24.9. The summed E-state index contributed by atoms with van der Waals surface area (Å²) in [6.45, 7) is 6.98. The van der Waals surface area contributed by atoms with Crippen molar-refractivity contribution in [2.75, 3.05) is 0 Å². The van der Waals surface area contributed by atoms with Crippen LogP contribution in [0.2, 0.25) is 5.02 Å². The van der Waals surface area contributed by atoms with Gasteiger partial charge in [-0.2, -0.15) is 4.72 Å². The third-order valence-corrected chi connectivity index (χ3v) is 7.19. The van der Waals surface area contributed by atoms with Gasteiger partial charge in [0.25, 0.3) is 5.91 Å². The average Bonchev–Trinajstić information content (AvgIpc) is 2.80. The van der Waals surface area contributed by atoms with Gasteiger partial charge in [0.15, 0.2) is 0 Å². The number of amides is 2. The van der Waals surface area contributed by atoms with Gasteiger partial charge < -0.3 is 5.32 Å². The molecule has 4 N–H and O–H groups in total. The van der Waals surface area contributed by atoms with Gasteiger partial charge in [0.05, 0.1) is 4.90 Å². The molecule has 0 saturated carbocycles. The first kappa shape index (κ1) is 26.8. The van der Waals surface area contributed by atoms with Crippen LogP contribution in [0, 0.1) is 11.8 Å². The number of halogens is 1. The molecule has 10 heteroatoms. The van der Waals surface area contributed by atoms with E-state index in [1.54, 1.807) is 50.5 Å². The molecule has 2 amide bonds. The van der Waals surface area contributed by atoms with E-state index in [4.69, 9.17) is 16.8 Å². The number of sulfonamides is 1. The maximum atomic E-state index is 13.0. The van der Waals surface area contributed by atoms with Gasteiger partial charge in [0.2, 0.25) is 15.9 Å². The van der Waals surface area contributed by atoms with Crippen molar-refractivity contribution in [2.24, 2.45) is 11.8 Å². The van der Waals surface area contributed by atoms with Crippen LogP contribution in [0.15, 0.2) is 53.4 Å². The number of hydrogen-bond acceptors (Lipinski definition) is 5. The van der Waals surface area contributed by atoms with Crippen molar-refractivity contribution in [1.29, 1.82) is 0 Å². The summed E-state index contributed by atoms with van der Waals surface area (Å²) >= 11 is 5.91. The van der Waals surface area contributed by atoms with Gasteiger partial charge in [-0.05, 0) is 47.2 Å². The van der Waals surface area contributed by atoms with Crippen LogP contribution < -0.4 is 15.5 Å². The summed E-state index contributed by atoms with van der Waals surface area (Å²) < 4.78 is 28.4. The summed E-state index contributed by atoms with van der Waals surface area (Å²) in [5, 5.41) is 12.2. The van der Waals surface area contributed by atoms with Crippen LogP contribution >= 0.6 is 11.6 Å². The highest BCUT2D eigenvalue weighted by Crippen LogP contribution is 2.23. The van der Waals surface area contributed by atoms with Gasteiger partial charge in [-0.15, -0.1) is 0 Å². The molecule has 2 aromatic carbocycles. The Morgan fingerprint density at radius 3 is 1.88 bits per heavy atom. The molecule has 0 aliphatic rings. The number of carbonyl (C=O) groups is 2. The van der Waals surface area contributed by atoms with Crippen molar-refractivity contribution in [3.63, 3.8) is 0 Å². The lowest BCUT2D eigenvalue weighted by atomic mass is 9.97. The molecule has 0 aromatic heterocycles. The zero-order chi connectivity index (χ0) is 24.8. The molecule has 0 spiro atoms. The van der Waals surface area contributed by atoms with Gasteiger partial charge in [0.1, 0.15) is 12.1 Å². The van der Waals surface area contributed by atoms with E-state index >= 15 is 0 Å². The molecule has 0 unspecified atom stereocenters. The van der Waals surface area contributed by atoms with E-state index in [1.165, 1.54) is 12.1 Å². The Hall–Kier alpha value is -2.46. The van der Waals surface area contributed by atoms with Crippen LogP contribution in [0.5, 0.6) is 0 Å². The lowest BCUT2D eigenvalue weighted by Gasteiger charge is -2.27. The van der Waals surface area contributed by atoms with Gasteiger partial charge in [-0.3, -0.25) is 14.8 Å². The van der Waals surface area contributed by atoms with E-state index < -0.39 is 39.8 Å². The van der Waals surface area contributed by atoms with Crippen molar-refractivity contribution in [2.45, 2.75) is 51.1 Å². The van der Waals surface area contributed by atoms with Crippen LogP contribution in [0.4, 0.5) is 0 Å². The summed E-state index contributed by atoms with van der Waals surface area (Å²) in [6.07, 6.45) is 0.566. The minimum atomic E-state index is -4.02. The first-order chi connectivity index (χ1) is 15.5. The van der Waals surface area contributed by atoms with Crippen molar-refractivity contribution in [3.05, 3.63) is 53.6 Å². The number of rotatable bonds is 10. The minimum Gasteiger partial charge on any atom is -0.343 e. The van der Waals surface area contributed by atoms with Crippen LogP contribution in [0.1, 0.15) is 34.1 Å². The molecule has 0 fully saturated rings. The number of carbonyl (C=O) groups excluding carboxylic acids is 2. The van der Waals surface area contributed by atoms with Crippen LogP contribution in [0.3, 0.4) is 0 Å². The highest BCUT2D eigenvalue weighted by atomic mass is 35.5. The fourth-order valence-electron chi connectivity index (χ4n) is 3.21.